The van der Waals surface area contributed by atoms with E-state index >= 15 is 0 Å². The van der Waals surface area contributed by atoms with Gasteiger partial charge in [-0.25, -0.2) is 0 Å². The molecular weight excluding hydrogens is 352 g/mol. The molecule has 1 unspecified atom stereocenters. The van der Waals surface area contributed by atoms with Crippen LogP contribution in [0.2, 0.25) is 0 Å². The monoisotopic (exact) mass is 376 g/mol. The smallest absolute Gasteiger partial charge is 0.255 e. The van der Waals surface area contributed by atoms with E-state index in [1.165, 1.54) is 0 Å². The Kier molecular flexibility index (Phi) is 6.27. The molecule has 0 saturated carbocycles. The highest BCUT2D eigenvalue weighted by molar-refractivity contribution is 6.04. The molecule has 0 aliphatic heterocycles. The van der Waals surface area contributed by atoms with Crippen molar-refractivity contribution in [2.75, 3.05) is 12.4 Å². The van der Waals surface area contributed by atoms with Gasteiger partial charge in [-0.3, -0.25) is 9.59 Å². The van der Waals surface area contributed by atoms with Crippen molar-refractivity contribution in [2.45, 2.75) is 25.8 Å². The zero-order valence-electron chi connectivity index (χ0n) is 16.1. The third-order valence-electron chi connectivity index (χ3n) is 4.80. The highest BCUT2D eigenvalue weighted by Gasteiger charge is 2.18. The topological polar surface area (TPSA) is 62.6 Å². The van der Waals surface area contributed by atoms with Crippen LogP contribution in [0.5, 0.6) is 0 Å². The van der Waals surface area contributed by atoms with Crippen LogP contribution >= 0.6 is 0 Å². The lowest BCUT2D eigenvalue weighted by atomic mass is 10.1. The van der Waals surface area contributed by atoms with Gasteiger partial charge in [-0.2, -0.15) is 0 Å². The van der Waals surface area contributed by atoms with Crippen molar-refractivity contribution >= 4 is 17.5 Å². The molecule has 144 valence electrons. The Balaban J connectivity index is 1.63. The van der Waals surface area contributed by atoms with E-state index in [2.05, 4.69) is 5.32 Å². The lowest BCUT2D eigenvalue weighted by Crippen LogP contribution is -2.29. The van der Waals surface area contributed by atoms with Crippen LogP contribution in [0.4, 0.5) is 5.69 Å². The van der Waals surface area contributed by atoms with E-state index in [9.17, 15) is 9.59 Å². The molecule has 0 saturated heterocycles. The summed E-state index contributed by atoms with van der Waals surface area (Å²) in [6, 6.07) is 20.2. The Hall–Kier alpha value is -3.34. The second kappa shape index (κ2) is 9.04. The fourth-order valence-electron chi connectivity index (χ4n) is 2.97. The van der Waals surface area contributed by atoms with Crippen LogP contribution in [-0.4, -0.2) is 23.8 Å². The van der Waals surface area contributed by atoms with Crippen LogP contribution < -0.4 is 5.32 Å². The lowest BCUT2D eigenvalue weighted by molar-refractivity contribution is -0.131. The molecule has 0 radical (unpaired) electrons. The maximum Gasteiger partial charge on any atom is 0.255 e. The Morgan fingerprint density at radius 2 is 1.82 bits per heavy atom. The third-order valence-corrected chi connectivity index (χ3v) is 4.80. The minimum atomic E-state index is -0.159. The van der Waals surface area contributed by atoms with Crippen LogP contribution in [0, 0.1) is 0 Å². The number of anilines is 1. The SMILES string of the molecule is CC(c1cccc(NC(=O)c2ccccc2)c1)N(C)C(=O)CCc1ccco1. The van der Waals surface area contributed by atoms with Gasteiger partial charge in [-0.05, 0) is 48.9 Å². The average Bonchev–Trinajstić information content (AvgIpc) is 3.25. The Labute approximate surface area is 165 Å². The standard InChI is InChI=1S/C23H24N2O3/c1-17(25(2)22(26)14-13-21-12-7-15-28-21)19-10-6-11-20(16-19)24-23(27)18-8-4-3-5-9-18/h3-12,15-17H,13-14H2,1-2H3,(H,24,27). The van der Waals surface area contributed by atoms with Gasteiger partial charge in [0.2, 0.25) is 5.91 Å². The normalized spacial score (nSPS) is 11.6. The number of nitrogens with zero attached hydrogens (tertiary/aromatic N) is 1. The first kappa shape index (κ1) is 19.4. The molecule has 0 bridgehead atoms. The van der Waals surface area contributed by atoms with Crippen molar-refractivity contribution in [1.29, 1.82) is 0 Å². The van der Waals surface area contributed by atoms with Crippen LogP contribution in [0.1, 0.15) is 41.1 Å². The minimum absolute atomic E-state index is 0.0441. The van der Waals surface area contributed by atoms with E-state index in [-0.39, 0.29) is 17.9 Å². The summed E-state index contributed by atoms with van der Waals surface area (Å²) in [5.41, 5.74) is 2.26. The highest BCUT2D eigenvalue weighted by Crippen LogP contribution is 2.23. The van der Waals surface area contributed by atoms with Gasteiger partial charge in [0.05, 0.1) is 12.3 Å². The van der Waals surface area contributed by atoms with Gasteiger partial charge in [-0.15, -0.1) is 0 Å². The molecule has 5 heteroatoms. The van der Waals surface area contributed by atoms with Crippen molar-refractivity contribution in [2.24, 2.45) is 0 Å². The largest absolute Gasteiger partial charge is 0.469 e. The fourth-order valence-corrected chi connectivity index (χ4v) is 2.97. The number of aryl methyl sites for hydroxylation is 1. The van der Waals surface area contributed by atoms with Gasteiger partial charge in [0.15, 0.2) is 0 Å². The number of carbonyl (C=O) groups excluding carboxylic acids is 2. The van der Waals surface area contributed by atoms with Gasteiger partial charge in [0, 0.05) is 31.1 Å². The molecule has 1 heterocycles. The molecular formula is C23H24N2O3. The molecule has 0 aliphatic carbocycles. The molecule has 3 rings (SSSR count). The molecule has 0 aliphatic rings. The summed E-state index contributed by atoms with van der Waals surface area (Å²) >= 11 is 0. The second-order valence-electron chi connectivity index (χ2n) is 6.71. The van der Waals surface area contributed by atoms with Crippen LogP contribution in [-0.2, 0) is 11.2 Å². The highest BCUT2D eigenvalue weighted by atomic mass is 16.3. The predicted molar refractivity (Wildman–Crippen MR) is 109 cm³/mol. The average molecular weight is 376 g/mol. The molecule has 1 N–H and O–H groups in total. The van der Waals surface area contributed by atoms with Crippen molar-refractivity contribution in [3.63, 3.8) is 0 Å². The van der Waals surface area contributed by atoms with Crippen LogP contribution in [0.3, 0.4) is 0 Å². The van der Waals surface area contributed by atoms with Crippen LogP contribution in [0.25, 0.3) is 0 Å². The number of nitrogens with one attached hydrogen (secondary N) is 1. The van der Waals surface area contributed by atoms with Gasteiger partial charge in [0.25, 0.3) is 5.91 Å². The quantitative estimate of drug-likeness (QED) is 0.651. The first-order valence-electron chi connectivity index (χ1n) is 9.29. The number of benzene rings is 2. The summed E-state index contributed by atoms with van der Waals surface area (Å²) < 4.78 is 5.29. The summed E-state index contributed by atoms with van der Waals surface area (Å²) in [6.07, 6.45) is 2.58. The third kappa shape index (κ3) is 4.88. The van der Waals surface area contributed by atoms with Crippen LogP contribution in [0.15, 0.2) is 77.4 Å². The Morgan fingerprint density at radius 3 is 2.54 bits per heavy atom. The zero-order valence-corrected chi connectivity index (χ0v) is 16.1. The number of rotatable bonds is 7. The molecule has 1 atom stereocenters. The summed E-state index contributed by atoms with van der Waals surface area (Å²) in [7, 11) is 1.80. The molecule has 3 aromatic rings. The summed E-state index contributed by atoms with van der Waals surface area (Å²) in [6.45, 7) is 1.98. The Morgan fingerprint density at radius 1 is 1.04 bits per heavy atom. The van der Waals surface area contributed by atoms with Gasteiger partial charge in [-0.1, -0.05) is 30.3 Å². The van der Waals surface area contributed by atoms with Crippen molar-refractivity contribution in [1.82, 2.24) is 4.90 Å². The number of hydrogen-bond donors (Lipinski definition) is 1. The predicted octanol–water partition coefficient (Wildman–Crippen LogP) is 4.68. The molecule has 28 heavy (non-hydrogen) atoms. The molecule has 1 aromatic heterocycles. The van der Waals surface area contributed by atoms with Gasteiger partial charge in [0.1, 0.15) is 5.76 Å². The summed E-state index contributed by atoms with van der Waals surface area (Å²) in [5.74, 6) is 0.691. The second-order valence-corrected chi connectivity index (χ2v) is 6.71. The Bertz CT molecular complexity index is 920. The van der Waals surface area contributed by atoms with E-state index in [1.54, 1.807) is 30.3 Å². The number of furan rings is 1. The van der Waals surface area contributed by atoms with E-state index in [0.29, 0.717) is 24.1 Å². The van der Waals surface area contributed by atoms with E-state index in [0.717, 1.165) is 11.3 Å². The molecule has 0 spiro atoms. The summed E-state index contributed by atoms with van der Waals surface area (Å²) in [4.78, 5) is 26.6. The molecule has 2 aromatic carbocycles. The number of amides is 2. The molecule has 0 fully saturated rings. The zero-order chi connectivity index (χ0) is 19.9. The first-order chi connectivity index (χ1) is 13.5. The van der Waals surface area contributed by atoms with Crippen molar-refractivity contribution < 1.29 is 14.0 Å². The number of hydrogen-bond acceptors (Lipinski definition) is 3. The van der Waals surface area contributed by atoms with Gasteiger partial charge >= 0.3 is 0 Å². The van der Waals surface area contributed by atoms with Crippen molar-refractivity contribution in [3.05, 3.63) is 89.9 Å². The van der Waals surface area contributed by atoms with E-state index < -0.39 is 0 Å². The summed E-state index contributed by atoms with van der Waals surface area (Å²) in [5, 5.41) is 2.91. The molecule has 2 amide bonds. The molecule has 5 nitrogen and oxygen atoms in total. The lowest BCUT2D eigenvalue weighted by Gasteiger charge is -2.26. The maximum absolute atomic E-state index is 12.5. The number of carbonyl (C=O) groups is 2. The van der Waals surface area contributed by atoms with Crippen molar-refractivity contribution in [3.8, 4) is 0 Å². The fraction of sp³-hybridized carbons (Fsp3) is 0.217. The maximum atomic E-state index is 12.5. The van der Waals surface area contributed by atoms with Gasteiger partial charge < -0.3 is 14.6 Å². The minimum Gasteiger partial charge on any atom is -0.469 e. The van der Waals surface area contributed by atoms with E-state index in [4.69, 9.17) is 4.42 Å². The first-order valence-corrected chi connectivity index (χ1v) is 9.29. The van der Waals surface area contributed by atoms with E-state index in [1.807, 2.05) is 61.5 Å².